The van der Waals surface area contributed by atoms with Gasteiger partial charge >= 0.3 is 0 Å². The number of aryl methyl sites for hydroxylation is 2. The molecule has 0 bridgehead atoms. The van der Waals surface area contributed by atoms with Gasteiger partial charge in [0.2, 0.25) is 5.88 Å². The molecule has 21 heavy (non-hydrogen) atoms. The van der Waals surface area contributed by atoms with Crippen LogP contribution in [0.5, 0.6) is 17.4 Å². The molecule has 108 valence electrons. The monoisotopic (exact) mass is 300 g/mol. The molecule has 5 heteroatoms. The predicted octanol–water partition coefficient (Wildman–Crippen LogP) is 4.50. The first-order chi connectivity index (χ1) is 10.2. The van der Waals surface area contributed by atoms with Gasteiger partial charge in [0, 0.05) is 4.88 Å². The first kappa shape index (κ1) is 13.8. The highest BCUT2D eigenvalue weighted by molar-refractivity contribution is 7.18. The number of nitrogens with zero attached hydrogens (tertiary/aromatic N) is 2. The zero-order valence-electron chi connectivity index (χ0n) is 12.2. The molecule has 3 aromatic rings. The Kier molecular flexibility index (Phi) is 3.75. The molecule has 0 aliphatic carbocycles. The average molecular weight is 300 g/mol. The van der Waals surface area contributed by atoms with E-state index in [9.17, 15) is 0 Å². The van der Waals surface area contributed by atoms with Crippen molar-refractivity contribution in [2.24, 2.45) is 0 Å². The van der Waals surface area contributed by atoms with E-state index in [0.29, 0.717) is 12.5 Å². The summed E-state index contributed by atoms with van der Waals surface area (Å²) in [6.45, 7) is 6.77. The van der Waals surface area contributed by atoms with Crippen molar-refractivity contribution >= 4 is 21.6 Å². The second-order valence-electron chi connectivity index (χ2n) is 4.65. The zero-order valence-corrected chi connectivity index (χ0v) is 13.0. The molecule has 0 saturated carbocycles. The average Bonchev–Trinajstić information content (AvgIpc) is 2.78. The minimum Gasteiger partial charge on any atom is -0.494 e. The Hall–Kier alpha value is -2.14. The van der Waals surface area contributed by atoms with E-state index in [2.05, 4.69) is 23.8 Å². The molecule has 0 aliphatic rings. The van der Waals surface area contributed by atoms with Crippen molar-refractivity contribution in [3.8, 4) is 17.4 Å². The number of hydrogen-bond donors (Lipinski definition) is 0. The minimum absolute atomic E-state index is 0.603. The Morgan fingerprint density at radius 1 is 1.05 bits per heavy atom. The van der Waals surface area contributed by atoms with E-state index < -0.39 is 0 Å². The van der Waals surface area contributed by atoms with Crippen LogP contribution in [-0.2, 0) is 0 Å². The highest BCUT2D eigenvalue weighted by Gasteiger charge is 2.13. The summed E-state index contributed by atoms with van der Waals surface area (Å²) in [5, 5.41) is 0.994. The second kappa shape index (κ2) is 5.69. The number of benzene rings is 1. The van der Waals surface area contributed by atoms with Crippen molar-refractivity contribution in [2.45, 2.75) is 20.8 Å². The van der Waals surface area contributed by atoms with Crippen molar-refractivity contribution in [3.63, 3.8) is 0 Å². The topological polar surface area (TPSA) is 44.2 Å². The molecule has 3 rings (SSSR count). The minimum atomic E-state index is 0.603. The van der Waals surface area contributed by atoms with Crippen molar-refractivity contribution in [3.05, 3.63) is 41.0 Å². The molecule has 0 spiro atoms. The molecule has 0 radical (unpaired) electrons. The summed E-state index contributed by atoms with van der Waals surface area (Å²) in [4.78, 5) is 10.8. The lowest BCUT2D eigenvalue weighted by Crippen LogP contribution is -1.92. The number of aromatic nitrogens is 2. The van der Waals surface area contributed by atoms with Crippen LogP contribution < -0.4 is 9.47 Å². The number of fused-ring (bicyclic) bond motifs is 1. The first-order valence-electron chi connectivity index (χ1n) is 6.80. The molecule has 2 heterocycles. The van der Waals surface area contributed by atoms with Crippen LogP contribution in [0.2, 0.25) is 0 Å². The lowest BCUT2D eigenvalue weighted by Gasteiger charge is -2.07. The van der Waals surface area contributed by atoms with E-state index in [-0.39, 0.29) is 0 Å². The maximum atomic E-state index is 5.92. The lowest BCUT2D eigenvalue weighted by atomic mass is 10.2. The standard InChI is InChI=1S/C16H16N2O2S/c1-4-19-12-5-7-13(8-6-12)20-15-14-10(2)11(3)21-16(14)18-9-17-15/h5-9H,4H2,1-3H3. The van der Waals surface area contributed by atoms with Crippen LogP contribution in [-0.4, -0.2) is 16.6 Å². The molecule has 0 unspecified atom stereocenters. The van der Waals surface area contributed by atoms with Crippen LogP contribution in [0, 0.1) is 13.8 Å². The lowest BCUT2D eigenvalue weighted by molar-refractivity contribution is 0.339. The fourth-order valence-electron chi connectivity index (χ4n) is 2.11. The Bertz CT molecular complexity index is 766. The van der Waals surface area contributed by atoms with E-state index in [1.54, 1.807) is 17.7 Å². The van der Waals surface area contributed by atoms with E-state index in [4.69, 9.17) is 9.47 Å². The van der Waals surface area contributed by atoms with Crippen molar-refractivity contribution in [1.82, 2.24) is 9.97 Å². The highest BCUT2D eigenvalue weighted by atomic mass is 32.1. The Morgan fingerprint density at radius 2 is 1.76 bits per heavy atom. The molecule has 0 amide bonds. The summed E-state index contributed by atoms with van der Waals surface area (Å²) in [6.07, 6.45) is 1.54. The van der Waals surface area contributed by atoms with Gasteiger partial charge in [0.1, 0.15) is 22.7 Å². The summed E-state index contributed by atoms with van der Waals surface area (Å²) < 4.78 is 11.3. The van der Waals surface area contributed by atoms with Gasteiger partial charge < -0.3 is 9.47 Å². The van der Waals surface area contributed by atoms with E-state index >= 15 is 0 Å². The molecule has 0 saturated heterocycles. The van der Waals surface area contributed by atoms with Crippen molar-refractivity contribution in [2.75, 3.05) is 6.61 Å². The van der Waals surface area contributed by atoms with Crippen LogP contribution in [0.4, 0.5) is 0 Å². The molecule has 0 aliphatic heterocycles. The normalized spacial score (nSPS) is 10.8. The molecule has 0 N–H and O–H groups in total. The van der Waals surface area contributed by atoms with E-state index in [1.165, 1.54) is 10.4 Å². The largest absolute Gasteiger partial charge is 0.494 e. The van der Waals surface area contributed by atoms with Gasteiger partial charge in [-0.15, -0.1) is 11.3 Å². The van der Waals surface area contributed by atoms with Crippen LogP contribution in [0.25, 0.3) is 10.2 Å². The second-order valence-corrected chi connectivity index (χ2v) is 5.85. The zero-order chi connectivity index (χ0) is 14.8. The maximum Gasteiger partial charge on any atom is 0.231 e. The molecule has 4 nitrogen and oxygen atoms in total. The SMILES string of the molecule is CCOc1ccc(Oc2ncnc3sc(C)c(C)c23)cc1. The third-order valence-corrected chi connectivity index (χ3v) is 4.40. The number of rotatable bonds is 4. The van der Waals surface area contributed by atoms with Crippen LogP contribution in [0.15, 0.2) is 30.6 Å². The smallest absolute Gasteiger partial charge is 0.231 e. The van der Waals surface area contributed by atoms with Gasteiger partial charge in [-0.25, -0.2) is 9.97 Å². The Morgan fingerprint density at radius 3 is 2.48 bits per heavy atom. The molecule has 2 aromatic heterocycles. The van der Waals surface area contributed by atoms with Crippen molar-refractivity contribution in [1.29, 1.82) is 0 Å². The predicted molar refractivity (Wildman–Crippen MR) is 84.6 cm³/mol. The van der Waals surface area contributed by atoms with Gasteiger partial charge in [0.25, 0.3) is 0 Å². The van der Waals surface area contributed by atoms with Crippen LogP contribution in [0.1, 0.15) is 17.4 Å². The van der Waals surface area contributed by atoms with Crippen LogP contribution in [0.3, 0.4) is 0 Å². The quantitative estimate of drug-likeness (QED) is 0.711. The van der Waals surface area contributed by atoms with Crippen molar-refractivity contribution < 1.29 is 9.47 Å². The van der Waals surface area contributed by atoms with E-state index in [1.807, 2.05) is 31.2 Å². The van der Waals surface area contributed by atoms with Crippen LogP contribution >= 0.6 is 11.3 Å². The summed E-state index contributed by atoms with van der Waals surface area (Å²) in [5.74, 6) is 2.17. The molecule has 0 atom stereocenters. The van der Waals surface area contributed by atoms with Gasteiger partial charge in [-0.05, 0) is 50.6 Å². The number of thiophene rings is 1. The van der Waals surface area contributed by atoms with Gasteiger partial charge in [0.15, 0.2) is 0 Å². The van der Waals surface area contributed by atoms with Gasteiger partial charge in [-0.2, -0.15) is 0 Å². The summed E-state index contributed by atoms with van der Waals surface area (Å²) in [5.41, 5.74) is 1.18. The first-order valence-corrected chi connectivity index (χ1v) is 7.62. The maximum absolute atomic E-state index is 5.92. The summed E-state index contributed by atoms with van der Waals surface area (Å²) in [6, 6.07) is 7.55. The third-order valence-electron chi connectivity index (χ3n) is 3.28. The van der Waals surface area contributed by atoms with Gasteiger partial charge in [-0.3, -0.25) is 0 Å². The molecule has 1 aromatic carbocycles. The summed E-state index contributed by atoms with van der Waals surface area (Å²) >= 11 is 1.66. The summed E-state index contributed by atoms with van der Waals surface area (Å²) in [7, 11) is 0. The number of ether oxygens (including phenoxy) is 2. The van der Waals surface area contributed by atoms with E-state index in [0.717, 1.165) is 21.7 Å². The highest BCUT2D eigenvalue weighted by Crippen LogP contribution is 2.35. The number of hydrogen-bond acceptors (Lipinski definition) is 5. The molecule has 0 fully saturated rings. The molecular weight excluding hydrogens is 284 g/mol. The molecular formula is C16H16N2O2S. The fourth-order valence-corrected chi connectivity index (χ4v) is 3.10. The van der Waals surface area contributed by atoms with Gasteiger partial charge in [-0.1, -0.05) is 0 Å². The van der Waals surface area contributed by atoms with Gasteiger partial charge in [0.05, 0.1) is 12.0 Å². The Balaban J connectivity index is 1.94. The Labute approximate surface area is 127 Å². The fraction of sp³-hybridized carbons (Fsp3) is 0.250. The third kappa shape index (κ3) is 2.69.